The molecule has 0 bridgehead atoms. The van der Waals surface area contributed by atoms with Crippen LogP contribution in [0.25, 0.3) is 0 Å². The summed E-state index contributed by atoms with van der Waals surface area (Å²) in [7, 11) is 3.68. The van der Waals surface area contributed by atoms with Crippen LogP contribution in [0, 0.1) is 0 Å². The van der Waals surface area contributed by atoms with Gasteiger partial charge in [0, 0.05) is 20.1 Å². The van der Waals surface area contributed by atoms with Crippen LogP contribution in [0.5, 0.6) is 0 Å². The second kappa shape index (κ2) is 10.3. The van der Waals surface area contributed by atoms with Crippen molar-refractivity contribution in [2.75, 3.05) is 14.1 Å². The summed E-state index contributed by atoms with van der Waals surface area (Å²) in [4.78, 5) is 6.42. The summed E-state index contributed by atoms with van der Waals surface area (Å²) in [5.41, 5.74) is 4.78. The normalized spacial score (nSPS) is 26.5. The zero-order chi connectivity index (χ0) is 24.3. The van der Waals surface area contributed by atoms with E-state index >= 15 is 0 Å². The van der Waals surface area contributed by atoms with Gasteiger partial charge in [-0.1, -0.05) is 72.4 Å². The number of benzene rings is 2. The first-order valence-electron chi connectivity index (χ1n) is 11.3. The highest BCUT2D eigenvalue weighted by atomic mass is 32.2. The molecule has 0 aromatic heterocycles. The fraction of sp³-hybridized carbons (Fsp3) is 0.480. The maximum Gasteiger partial charge on any atom is 0.420 e. The number of hydrogen-bond donors (Lipinski definition) is 1. The minimum Gasteiger partial charge on any atom is -0.358 e. The number of aryl methyl sites for hydroxylation is 1. The van der Waals surface area contributed by atoms with Gasteiger partial charge in [-0.25, -0.2) is 0 Å². The van der Waals surface area contributed by atoms with Crippen molar-refractivity contribution in [2.24, 2.45) is 10.7 Å². The highest BCUT2D eigenvalue weighted by Crippen LogP contribution is 2.47. The highest BCUT2D eigenvalue weighted by Gasteiger charge is 2.63. The molecular weight excluding hydrogens is 463 g/mol. The lowest BCUT2D eigenvalue weighted by atomic mass is 9.82. The monoisotopic (exact) mass is 493 g/mol. The molecule has 1 saturated heterocycles. The molecule has 2 aliphatic heterocycles. The molecule has 2 heterocycles. The number of aliphatic imine (C=N–C) groups is 1. The van der Waals surface area contributed by atoms with E-state index in [4.69, 9.17) is 15.2 Å². The third kappa shape index (κ3) is 5.27. The lowest BCUT2D eigenvalue weighted by Gasteiger charge is -2.46. The van der Waals surface area contributed by atoms with E-state index in [0.717, 1.165) is 5.56 Å². The van der Waals surface area contributed by atoms with E-state index in [1.165, 1.54) is 11.8 Å². The minimum absolute atomic E-state index is 0.00895. The quantitative estimate of drug-likeness (QED) is 0.610. The summed E-state index contributed by atoms with van der Waals surface area (Å²) in [6, 6.07) is 17.1. The molecule has 0 radical (unpaired) electrons. The Labute approximate surface area is 202 Å². The number of ether oxygens (including phenoxy) is 2. The van der Waals surface area contributed by atoms with Crippen LogP contribution < -0.4 is 5.73 Å². The highest BCUT2D eigenvalue weighted by molar-refractivity contribution is 8.14. The average Bonchev–Trinajstić information content (AvgIpc) is 3.25. The number of nitrogens with zero attached hydrogens (tertiary/aromatic N) is 2. The van der Waals surface area contributed by atoms with Crippen molar-refractivity contribution in [3.63, 3.8) is 0 Å². The lowest BCUT2D eigenvalue weighted by molar-refractivity contribution is -0.325. The Morgan fingerprint density at radius 2 is 1.68 bits per heavy atom. The largest absolute Gasteiger partial charge is 0.420 e. The van der Waals surface area contributed by atoms with Gasteiger partial charge in [0.2, 0.25) is 0 Å². The Kier molecular flexibility index (Phi) is 7.57. The van der Waals surface area contributed by atoms with E-state index in [9.17, 15) is 13.2 Å². The number of rotatable bonds is 7. The van der Waals surface area contributed by atoms with Crippen LogP contribution in [-0.4, -0.2) is 59.6 Å². The van der Waals surface area contributed by atoms with E-state index in [0.29, 0.717) is 10.7 Å². The topological polar surface area (TPSA) is 60.1 Å². The number of nitrogens with two attached hydrogens (primary N) is 1. The van der Waals surface area contributed by atoms with Crippen LogP contribution in [0.1, 0.15) is 24.0 Å². The van der Waals surface area contributed by atoms with Gasteiger partial charge in [0.15, 0.2) is 10.8 Å². The summed E-state index contributed by atoms with van der Waals surface area (Å²) in [5.74, 6) is 0. The zero-order valence-electron chi connectivity index (χ0n) is 19.2. The maximum atomic E-state index is 15.0. The molecule has 2 N–H and O–H groups in total. The van der Waals surface area contributed by atoms with Gasteiger partial charge in [-0.15, -0.1) is 0 Å². The van der Waals surface area contributed by atoms with Gasteiger partial charge in [-0.05, 0) is 30.4 Å². The molecule has 0 amide bonds. The molecule has 9 heteroatoms. The Bertz CT molecular complexity index is 929. The second-order valence-corrected chi connectivity index (χ2v) is 10.0. The molecule has 2 aromatic carbocycles. The Balaban J connectivity index is 1.64. The summed E-state index contributed by atoms with van der Waals surface area (Å²) in [6.45, 7) is -0.176. The van der Waals surface area contributed by atoms with Crippen LogP contribution in [0.3, 0.4) is 0 Å². The van der Waals surface area contributed by atoms with E-state index in [2.05, 4.69) is 4.99 Å². The van der Waals surface area contributed by atoms with Crippen LogP contribution >= 0.6 is 11.8 Å². The van der Waals surface area contributed by atoms with Crippen LogP contribution in [-0.2, 0) is 22.5 Å². The van der Waals surface area contributed by atoms with Gasteiger partial charge >= 0.3 is 6.18 Å². The van der Waals surface area contributed by atoms with E-state index < -0.39 is 29.4 Å². The number of amidine groups is 1. The van der Waals surface area contributed by atoms with Gasteiger partial charge in [0.25, 0.3) is 0 Å². The summed E-state index contributed by atoms with van der Waals surface area (Å²) < 4.78 is 56.8. The summed E-state index contributed by atoms with van der Waals surface area (Å²) in [6.07, 6.45) is -5.98. The number of hydrogen-bond acceptors (Lipinski definition) is 6. The molecule has 184 valence electrons. The van der Waals surface area contributed by atoms with Crippen LogP contribution in [0.15, 0.2) is 65.7 Å². The predicted octanol–water partition coefficient (Wildman–Crippen LogP) is 4.61. The molecular formula is C25H30F3N3O2S. The third-order valence-corrected chi connectivity index (χ3v) is 7.64. The fourth-order valence-corrected chi connectivity index (χ4v) is 5.61. The molecule has 4 rings (SSSR count). The van der Waals surface area contributed by atoms with Crippen molar-refractivity contribution in [3.05, 3.63) is 71.8 Å². The van der Waals surface area contributed by atoms with Crippen molar-refractivity contribution in [1.82, 2.24) is 4.90 Å². The van der Waals surface area contributed by atoms with Crippen LogP contribution in [0.4, 0.5) is 13.2 Å². The first-order valence-corrected chi connectivity index (χ1v) is 12.2. The lowest BCUT2D eigenvalue weighted by Crippen LogP contribution is -2.63. The van der Waals surface area contributed by atoms with Gasteiger partial charge in [-0.3, -0.25) is 4.99 Å². The molecule has 1 fully saturated rings. The first kappa shape index (κ1) is 25.0. The van der Waals surface area contributed by atoms with Gasteiger partial charge in [0.05, 0.1) is 12.7 Å². The van der Waals surface area contributed by atoms with Crippen molar-refractivity contribution in [1.29, 1.82) is 0 Å². The van der Waals surface area contributed by atoms with Crippen molar-refractivity contribution < 1.29 is 22.6 Å². The number of halogens is 3. The Morgan fingerprint density at radius 3 is 2.26 bits per heavy atom. The average molecular weight is 494 g/mol. The van der Waals surface area contributed by atoms with Crippen molar-refractivity contribution in [3.8, 4) is 0 Å². The molecule has 5 atom stereocenters. The summed E-state index contributed by atoms with van der Waals surface area (Å²) >= 11 is 1.32. The summed E-state index contributed by atoms with van der Waals surface area (Å²) in [5, 5.41) is 0.707. The molecule has 2 aromatic rings. The number of fused-ring (bicyclic) bond motifs is 1. The van der Waals surface area contributed by atoms with Gasteiger partial charge < -0.3 is 20.1 Å². The fourth-order valence-electron chi connectivity index (χ4n) is 4.42. The standard InChI is InChI=1S/C25H30F3N3O2S/c1-31(2)23-30-21-19(29)15-20(33-22(21)34-23)24(25(26,27)28,14-13-17-9-5-3-6-10-17)32-16-18-11-7-4-8-12-18/h3-12,19-22H,13-16,29H2,1-2H3. The molecule has 34 heavy (non-hydrogen) atoms. The van der Waals surface area contributed by atoms with E-state index in [-0.39, 0.29) is 31.9 Å². The maximum absolute atomic E-state index is 15.0. The molecule has 0 saturated carbocycles. The van der Waals surface area contributed by atoms with Crippen molar-refractivity contribution in [2.45, 2.75) is 61.3 Å². The minimum atomic E-state index is -4.66. The molecule has 0 spiro atoms. The Hall–Kier alpha value is -2.07. The van der Waals surface area contributed by atoms with E-state index in [1.54, 1.807) is 24.3 Å². The van der Waals surface area contributed by atoms with Gasteiger partial charge in [-0.2, -0.15) is 13.2 Å². The SMILES string of the molecule is CN(C)C1=NC2C(N)CC(C(CCc3ccccc3)(OCc3ccccc3)C(F)(F)F)OC2S1. The predicted molar refractivity (Wildman–Crippen MR) is 129 cm³/mol. The first-order chi connectivity index (χ1) is 16.2. The molecule has 0 aliphatic carbocycles. The third-order valence-electron chi connectivity index (χ3n) is 6.33. The van der Waals surface area contributed by atoms with E-state index in [1.807, 2.05) is 55.4 Å². The molecule has 5 unspecified atom stereocenters. The van der Waals surface area contributed by atoms with Crippen molar-refractivity contribution >= 4 is 16.9 Å². The number of alkyl halides is 3. The molecule has 5 nitrogen and oxygen atoms in total. The zero-order valence-corrected chi connectivity index (χ0v) is 20.1. The molecule has 2 aliphatic rings. The van der Waals surface area contributed by atoms with Crippen LogP contribution in [0.2, 0.25) is 0 Å². The van der Waals surface area contributed by atoms with Gasteiger partial charge in [0.1, 0.15) is 11.5 Å². The Morgan fingerprint density at radius 1 is 1.06 bits per heavy atom. The smallest absolute Gasteiger partial charge is 0.358 e. The number of thioether (sulfide) groups is 1. The second-order valence-electron chi connectivity index (χ2n) is 8.95.